The molecule has 0 aliphatic carbocycles. The smallest absolute Gasteiger partial charge is 0.259 e. The van der Waals surface area contributed by atoms with Gasteiger partial charge in [-0.15, -0.1) is 12.4 Å². The lowest BCUT2D eigenvalue weighted by Crippen LogP contribution is -2.47. The SMILES string of the molecule is COc1ccccc1C(=O)Nc1ccccc1C(=O)N1CCN(C)CC1.Cl. The van der Waals surface area contributed by atoms with Gasteiger partial charge in [0.2, 0.25) is 0 Å². The molecule has 1 N–H and O–H groups in total. The van der Waals surface area contributed by atoms with Crippen LogP contribution in [0, 0.1) is 0 Å². The third kappa shape index (κ3) is 4.78. The summed E-state index contributed by atoms with van der Waals surface area (Å²) >= 11 is 0. The van der Waals surface area contributed by atoms with Crippen molar-refractivity contribution in [3.63, 3.8) is 0 Å². The highest BCUT2D eigenvalue weighted by Crippen LogP contribution is 2.22. The molecule has 0 aromatic heterocycles. The minimum atomic E-state index is -0.305. The van der Waals surface area contributed by atoms with Gasteiger partial charge in [-0.1, -0.05) is 24.3 Å². The van der Waals surface area contributed by atoms with Gasteiger partial charge in [-0.2, -0.15) is 0 Å². The number of nitrogens with one attached hydrogen (secondary N) is 1. The van der Waals surface area contributed by atoms with Crippen LogP contribution in [0.4, 0.5) is 5.69 Å². The molecular weight excluding hydrogens is 366 g/mol. The number of benzene rings is 2. The van der Waals surface area contributed by atoms with Gasteiger partial charge in [0.15, 0.2) is 0 Å². The first-order valence-electron chi connectivity index (χ1n) is 8.61. The van der Waals surface area contributed by atoms with Gasteiger partial charge in [-0.05, 0) is 31.3 Å². The number of nitrogens with zero attached hydrogens (tertiary/aromatic N) is 2. The number of rotatable bonds is 4. The quantitative estimate of drug-likeness (QED) is 0.873. The Labute approximate surface area is 165 Å². The van der Waals surface area contributed by atoms with E-state index in [0.717, 1.165) is 13.1 Å². The molecule has 3 rings (SSSR count). The zero-order valence-corrected chi connectivity index (χ0v) is 16.3. The van der Waals surface area contributed by atoms with Crippen molar-refractivity contribution in [1.29, 1.82) is 0 Å². The maximum Gasteiger partial charge on any atom is 0.259 e. The normalized spacial score (nSPS) is 14.2. The number of hydrogen-bond donors (Lipinski definition) is 1. The number of methoxy groups -OCH3 is 1. The predicted molar refractivity (Wildman–Crippen MR) is 108 cm³/mol. The first-order chi connectivity index (χ1) is 12.6. The maximum absolute atomic E-state index is 12.9. The van der Waals surface area contributed by atoms with Gasteiger partial charge >= 0.3 is 0 Å². The molecule has 144 valence electrons. The fourth-order valence-electron chi connectivity index (χ4n) is 2.98. The average Bonchev–Trinajstić information content (AvgIpc) is 2.68. The first-order valence-corrected chi connectivity index (χ1v) is 8.61. The van der Waals surface area contributed by atoms with Gasteiger partial charge in [0.05, 0.1) is 23.9 Å². The summed E-state index contributed by atoms with van der Waals surface area (Å²) in [7, 11) is 3.57. The number of carbonyl (C=O) groups is 2. The second-order valence-corrected chi connectivity index (χ2v) is 6.30. The molecule has 7 heteroatoms. The van der Waals surface area contributed by atoms with Gasteiger partial charge in [-0.25, -0.2) is 0 Å². The largest absolute Gasteiger partial charge is 0.496 e. The second kappa shape index (κ2) is 9.39. The molecule has 6 nitrogen and oxygen atoms in total. The summed E-state index contributed by atoms with van der Waals surface area (Å²) in [5.74, 6) is 0.128. The van der Waals surface area contributed by atoms with Crippen LogP contribution in [0.25, 0.3) is 0 Å². The molecule has 0 saturated carbocycles. The maximum atomic E-state index is 12.9. The van der Waals surface area contributed by atoms with E-state index in [1.54, 1.807) is 42.5 Å². The first kappa shape index (κ1) is 20.7. The van der Waals surface area contributed by atoms with Crippen molar-refractivity contribution < 1.29 is 14.3 Å². The number of carbonyl (C=O) groups excluding carboxylic acids is 2. The second-order valence-electron chi connectivity index (χ2n) is 6.30. The lowest BCUT2D eigenvalue weighted by Gasteiger charge is -2.32. The van der Waals surface area contributed by atoms with Crippen LogP contribution < -0.4 is 10.1 Å². The van der Waals surface area contributed by atoms with Crippen LogP contribution in [0.1, 0.15) is 20.7 Å². The van der Waals surface area contributed by atoms with E-state index < -0.39 is 0 Å². The number of anilines is 1. The molecule has 1 fully saturated rings. The third-order valence-electron chi connectivity index (χ3n) is 4.55. The van der Waals surface area contributed by atoms with Crippen LogP contribution in [0.15, 0.2) is 48.5 Å². The molecule has 1 heterocycles. The molecule has 2 aromatic carbocycles. The summed E-state index contributed by atoms with van der Waals surface area (Å²) in [4.78, 5) is 29.6. The average molecular weight is 390 g/mol. The summed E-state index contributed by atoms with van der Waals surface area (Å²) in [5, 5.41) is 2.85. The Bertz CT molecular complexity index is 805. The van der Waals surface area contributed by atoms with Crippen LogP contribution in [0.5, 0.6) is 5.75 Å². The molecule has 1 aliphatic rings. The Morgan fingerprint density at radius 3 is 2.19 bits per heavy atom. The van der Waals surface area contributed by atoms with Gasteiger partial charge in [0.1, 0.15) is 5.75 Å². The van der Waals surface area contributed by atoms with Crippen molar-refractivity contribution >= 4 is 29.9 Å². The van der Waals surface area contributed by atoms with Crippen molar-refractivity contribution in [2.24, 2.45) is 0 Å². The van der Waals surface area contributed by atoms with Gasteiger partial charge in [0.25, 0.3) is 11.8 Å². The fraction of sp³-hybridized carbons (Fsp3) is 0.300. The Balaban J connectivity index is 0.00000261. The molecule has 1 aliphatic heterocycles. The van der Waals surface area contributed by atoms with Crippen molar-refractivity contribution in [1.82, 2.24) is 9.80 Å². The van der Waals surface area contributed by atoms with Crippen molar-refractivity contribution in [2.45, 2.75) is 0 Å². The summed E-state index contributed by atoms with van der Waals surface area (Å²) in [6, 6.07) is 14.1. The monoisotopic (exact) mass is 389 g/mol. The standard InChI is InChI=1S/C20H23N3O3.ClH/c1-22-11-13-23(14-12-22)20(25)15-7-3-5-9-17(15)21-19(24)16-8-4-6-10-18(16)26-2;/h3-10H,11-14H2,1-2H3,(H,21,24);1H. The number of halogens is 1. The van der Waals surface area contributed by atoms with Gasteiger partial charge in [-0.3, -0.25) is 9.59 Å². The molecule has 1 saturated heterocycles. The highest BCUT2D eigenvalue weighted by atomic mass is 35.5. The number of hydrogen-bond acceptors (Lipinski definition) is 4. The van der Waals surface area contributed by atoms with Gasteiger partial charge < -0.3 is 19.9 Å². The van der Waals surface area contributed by atoms with Crippen molar-refractivity contribution in [3.05, 3.63) is 59.7 Å². The van der Waals surface area contributed by atoms with E-state index >= 15 is 0 Å². The van der Waals surface area contributed by atoms with Crippen LogP contribution in [0.3, 0.4) is 0 Å². The molecule has 0 bridgehead atoms. The molecule has 0 unspecified atom stereocenters. The number of piperazine rings is 1. The third-order valence-corrected chi connectivity index (χ3v) is 4.55. The molecule has 2 aromatic rings. The summed E-state index contributed by atoms with van der Waals surface area (Å²) in [6.07, 6.45) is 0. The fourth-order valence-corrected chi connectivity index (χ4v) is 2.98. The van der Waals surface area contributed by atoms with E-state index in [1.807, 2.05) is 18.0 Å². The Kier molecular flexibility index (Phi) is 7.21. The minimum Gasteiger partial charge on any atom is -0.496 e. The summed E-state index contributed by atoms with van der Waals surface area (Å²) in [6.45, 7) is 3.07. The highest BCUT2D eigenvalue weighted by Gasteiger charge is 2.23. The lowest BCUT2D eigenvalue weighted by atomic mass is 10.1. The topological polar surface area (TPSA) is 61.9 Å². The summed E-state index contributed by atoms with van der Waals surface area (Å²) in [5.41, 5.74) is 1.43. The molecule has 0 radical (unpaired) electrons. The van der Waals surface area contributed by atoms with E-state index in [1.165, 1.54) is 7.11 Å². The van der Waals surface area contributed by atoms with E-state index in [9.17, 15) is 9.59 Å². The predicted octanol–water partition coefficient (Wildman–Crippen LogP) is 2.76. The molecular formula is C20H24ClN3O3. The van der Waals surface area contributed by atoms with Crippen LogP contribution in [-0.4, -0.2) is 62.0 Å². The van der Waals surface area contributed by atoms with E-state index in [2.05, 4.69) is 10.2 Å². The van der Waals surface area contributed by atoms with E-state index in [0.29, 0.717) is 35.7 Å². The minimum absolute atomic E-state index is 0. The van der Waals surface area contributed by atoms with E-state index in [-0.39, 0.29) is 24.2 Å². The van der Waals surface area contributed by atoms with Crippen molar-refractivity contribution in [3.8, 4) is 5.75 Å². The van der Waals surface area contributed by atoms with Crippen LogP contribution in [0.2, 0.25) is 0 Å². The van der Waals surface area contributed by atoms with Crippen LogP contribution in [-0.2, 0) is 0 Å². The summed E-state index contributed by atoms with van der Waals surface area (Å²) < 4.78 is 5.25. The van der Waals surface area contributed by atoms with Crippen molar-refractivity contribution in [2.75, 3.05) is 45.7 Å². The Morgan fingerprint density at radius 2 is 1.52 bits per heavy atom. The molecule has 27 heavy (non-hydrogen) atoms. The van der Waals surface area contributed by atoms with Gasteiger partial charge in [0, 0.05) is 26.2 Å². The lowest BCUT2D eigenvalue weighted by molar-refractivity contribution is 0.0665. The number of para-hydroxylation sites is 2. The number of amides is 2. The zero-order valence-electron chi connectivity index (χ0n) is 15.5. The van der Waals surface area contributed by atoms with Crippen LogP contribution >= 0.6 is 12.4 Å². The Hall–Kier alpha value is -2.57. The highest BCUT2D eigenvalue weighted by molar-refractivity contribution is 6.10. The number of likely N-dealkylation sites (N-methyl/N-ethyl adjacent to an activating group) is 1. The molecule has 0 atom stereocenters. The Morgan fingerprint density at radius 1 is 0.926 bits per heavy atom. The molecule has 2 amide bonds. The molecule has 0 spiro atoms. The zero-order chi connectivity index (χ0) is 18.5. The number of ether oxygens (including phenoxy) is 1. The van der Waals surface area contributed by atoms with E-state index in [4.69, 9.17) is 4.74 Å².